The average Bonchev–Trinajstić information content (AvgIpc) is 2.60. The van der Waals surface area contributed by atoms with Gasteiger partial charge in [-0.1, -0.05) is 39.0 Å². The van der Waals surface area contributed by atoms with Gasteiger partial charge in [-0.05, 0) is 24.0 Å². The zero-order chi connectivity index (χ0) is 19.2. The zero-order valence-electron chi connectivity index (χ0n) is 16.4. The van der Waals surface area contributed by atoms with Crippen molar-refractivity contribution in [1.82, 2.24) is 9.80 Å². The quantitative estimate of drug-likeness (QED) is 0.875. The van der Waals surface area contributed by atoms with Gasteiger partial charge in [0.15, 0.2) is 0 Å². The van der Waals surface area contributed by atoms with Crippen LogP contribution in [-0.2, 0) is 14.9 Å². The summed E-state index contributed by atoms with van der Waals surface area (Å²) in [5, 5.41) is 3.05. The smallest absolute Gasteiger partial charge is 0.409 e. The van der Waals surface area contributed by atoms with Gasteiger partial charge in [0, 0.05) is 44.8 Å². The predicted molar refractivity (Wildman–Crippen MR) is 103 cm³/mol. The van der Waals surface area contributed by atoms with Gasteiger partial charge in [0.2, 0.25) is 5.91 Å². The first-order valence-electron chi connectivity index (χ1n) is 9.34. The Bertz CT molecular complexity index is 617. The van der Waals surface area contributed by atoms with E-state index in [4.69, 9.17) is 4.74 Å². The highest BCUT2D eigenvalue weighted by molar-refractivity contribution is 5.91. The van der Waals surface area contributed by atoms with Gasteiger partial charge in [-0.3, -0.25) is 9.69 Å². The molecule has 6 nitrogen and oxygen atoms in total. The minimum absolute atomic E-state index is 0.0205. The van der Waals surface area contributed by atoms with Crippen LogP contribution in [0.1, 0.15) is 39.7 Å². The van der Waals surface area contributed by atoms with Crippen molar-refractivity contribution in [3.63, 3.8) is 0 Å². The maximum absolute atomic E-state index is 12.4. The van der Waals surface area contributed by atoms with E-state index >= 15 is 0 Å². The number of nitrogens with one attached hydrogen (secondary N) is 1. The molecule has 0 unspecified atom stereocenters. The van der Waals surface area contributed by atoms with Crippen LogP contribution in [0.15, 0.2) is 24.3 Å². The maximum Gasteiger partial charge on any atom is 0.409 e. The van der Waals surface area contributed by atoms with Crippen molar-refractivity contribution in [1.29, 1.82) is 0 Å². The van der Waals surface area contributed by atoms with Crippen LogP contribution in [0.4, 0.5) is 10.5 Å². The topological polar surface area (TPSA) is 61.9 Å². The Labute approximate surface area is 156 Å². The number of hydrogen-bond donors (Lipinski definition) is 1. The lowest BCUT2D eigenvalue weighted by Gasteiger charge is -2.33. The van der Waals surface area contributed by atoms with Crippen molar-refractivity contribution in [2.45, 2.75) is 39.5 Å². The highest BCUT2D eigenvalue weighted by atomic mass is 16.6. The van der Waals surface area contributed by atoms with E-state index in [1.165, 1.54) is 0 Å². The van der Waals surface area contributed by atoms with Crippen LogP contribution in [0, 0.1) is 0 Å². The lowest BCUT2D eigenvalue weighted by molar-refractivity contribution is -0.116. The molecule has 2 rings (SSSR count). The Morgan fingerprint density at radius 2 is 1.77 bits per heavy atom. The summed E-state index contributed by atoms with van der Waals surface area (Å²) < 4.78 is 5.02. The molecule has 0 spiro atoms. The van der Waals surface area contributed by atoms with Crippen LogP contribution in [0.2, 0.25) is 0 Å². The molecule has 1 heterocycles. The molecular weight excluding hydrogens is 330 g/mol. The first kappa shape index (κ1) is 20.2. The number of carbonyl (C=O) groups is 2. The molecule has 0 aromatic heterocycles. The molecule has 0 aliphatic carbocycles. The zero-order valence-corrected chi connectivity index (χ0v) is 16.4. The molecule has 1 saturated heterocycles. The SMILES string of the molecule is CCOC(=O)N1CCN(CCC(=O)Nc2ccccc2C(C)(C)C)CC1. The molecular formula is C20H31N3O3. The number of benzene rings is 1. The highest BCUT2D eigenvalue weighted by Gasteiger charge is 2.22. The molecule has 2 amide bonds. The minimum atomic E-state index is -0.247. The van der Waals surface area contributed by atoms with Crippen LogP contribution < -0.4 is 5.32 Å². The molecule has 1 aromatic carbocycles. The van der Waals surface area contributed by atoms with Crippen molar-refractivity contribution in [2.75, 3.05) is 44.6 Å². The van der Waals surface area contributed by atoms with Crippen molar-refractivity contribution in [2.24, 2.45) is 0 Å². The Hall–Kier alpha value is -2.08. The molecule has 144 valence electrons. The molecule has 1 aliphatic heterocycles. The molecule has 1 fully saturated rings. The lowest BCUT2D eigenvalue weighted by Crippen LogP contribution is -2.49. The standard InChI is InChI=1S/C20H31N3O3/c1-5-26-19(25)23-14-12-22(13-15-23)11-10-18(24)21-17-9-7-6-8-16(17)20(2,3)4/h6-9H,5,10-15H2,1-4H3,(H,21,24). The van der Waals surface area contributed by atoms with Gasteiger partial charge in [0.1, 0.15) is 0 Å². The summed E-state index contributed by atoms with van der Waals surface area (Å²) >= 11 is 0. The molecule has 1 aliphatic rings. The number of anilines is 1. The number of rotatable bonds is 5. The molecule has 1 aromatic rings. The molecule has 1 N–H and O–H groups in total. The lowest BCUT2D eigenvalue weighted by atomic mass is 9.86. The van der Waals surface area contributed by atoms with E-state index in [9.17, 15) is 9.59 Å². The molecule has 0 bridgehead atoms. The van der Waals surface area contributed by atoms with Gasteiger partial charge in [-0.15, -0.1) is 0 Å². The second kappa shape index (κ2) is 9.03. The monoisotopic (exact) mass is 361 g/mol. The van der Waals surface area contributed by atoms with Crippen LogP contribution in [-0.4, -0.2) is 61.1 Å². The fourth-order valence-electron chi connectivity index (χ4n) is 3.09. The summed E-state index contributed by atoms with van der Waals surface area (Å²) in [4.78, 5) is 28.0. The van der Waals surface area contributed by atoms with E-state index in [-0.39, 0.29) is 17.4 Å². The largest absolute Gasteiger partial charge is 0.450 e. The summed E-state index contributed by atoms with van der Waals surface area (Å²) in [7, 11) is 0. The molecule has 26 heavy (non-hydrogen) atoms. The number of para-hydroxylation sites is 1. The molecule has 6 heteroatoms. The number of piperazine rings is 1. The van der Waals surface area contributed by atoms with E-state index < -0.39 is 0 Å². The van der Waals surface area contributed by atoms with Gasteiger partial charge < -0.3 is 15.0 Å². The van der Waals surface area contributed by atoms with Crippen molar-refractivity contribution < 1.29 is 14.3 Å². The summed E-state index contributed by atoms with van der Waals surface area (Å²) in [6.45, 7) is 12.2. The predicted octanol–water partition coefficient (Wildman–Crippen LogP) is 3.09. The third-order valence-corrected chi connectivity index (χ3v) is 4.56. The summed E-state index contributed by atoms with van der Waals surface area (Å²) in [6, 6.07) is 7.96. The number of nitrogens with zero attached hydrogens (tertiary/aromatic N) is 2. The van der Waals surface area contributed by atoms with Crippen LogP contribution in [0.3, 0.4) is 0 Å². The van der Waals surface area contributed by atoms with Gasteiger partial charge in [0.25, 0.3) is 0 Å². The Morgan fingerprint density at radius 3 is 2.38 bits per heavy atom. The average molecular weight is 361 g/mol. The number of amides is 2. The van der Waals surface area contributed by atoms with Crippen LogP contribution in [0.25, 0.3) is 0 Å². The van der Waals surface area contributed by atoms with Crippen LogP contribution in [0.5, 0.6) is 0 Å². The van der Waals surface area contributed by atoms with Crippen molar-refractivity contribution >= 4 is 17.7 Å². The Kier molecular flexibility index (Phi) is 7.03. The maximum atomic E-state index is 12.4. The van der Waals surface area contributed by atoms with E-state index in [1.54, 1.807) is 4.90 Å². The third kappa shape index (κ3) is 5.73. The molecule has 0 saturated carbocycles. The Balaban J connectivity index is 1.79. The highest BCUT2D eigenvalue weighted by Crippen LogP contribution is 2.29. The summed E-state index contributed by atoms with van der Waals surface area (Å²) in [5.41, 5.74) is 2.00. The Morgan fingerprint density at radius 1 is 1.12 bits per heavy atom. The van der Waals surface area contributed by atoms with Gasteiger partial charge in [0.05, 0.1) is 6.61 Å². The van der Waals surface area contributed by atoms with Gasteiger partial charge in [-0.2, -0.15) is 0 Å². The number of ether oxygens (including phenoxy) is 1. The normalized spacial score (nSPS) is 15.6. The van der Waals surface area contributed by atoms with Crippen molar-refractivity contribution in [3.05, 3.63) is 29.8 Å². The number of carbonyl (C=O) groups excluding carboxylic acids is 2. The second-order valence-electron chi connectivity index (χ2n) is 7.62. The fourth-order valence-corrected chi connectivity index (χ4v) is 3.09. The summed E-state index contributed by atoms with van der Waals surface area (Å²) in [6.07, 6.45) is 0.196. The first-order valence-corrected chi connectivity index (χ1v) is 9.34. The van der Waals surface area contributed by atoms with E-state index in [0.717, 1.165) is 24.3 Å². The number of hydrogen-bond acceptors (Lipinski definition) is 4. The molecule has 0 atom stereocenters. The van der Waals surface area contributed by atoms with Gasteiger partial charge >= 0.3 is 6.09 Å². The van der Waals surface area contributed by atoms with Gasteiger partial charge in [-0.25, -0.2) is 4.79 Å². The molecule has 0 radical (unpaired) electrons. The fraction of sp³-hybridized carbons (Fsp3) is 0.600. The minimum Gasteiger partial charge on any atom is -0.450 e. The van der Waals surface area contributed by atoms with E-state index in [1.807, 2.05) is 25.1 Å². The van der Waals surface area contributed by atoms with Crippen LogP contribution >= 0.6 is 0 Å². The van der Waals surface area contributed by atoms with Crippen molar-refractivity contribution in [3.8, 4) is 0 Å². The first-order chi connectivity index (χ1) is 12.3. The van der Waals surface area contributed by atoms with E-state index in [2.05, 4.69) is 37.1 Å². The van der Waals surface area contributed by atoms with E-state index in [0.29, 0.717) is 32.7 Å². The third-order valence-electron chi connectivity index (χ3n) is 4.56. The second-order valence-corrected chi connectivity index (χ2v) is 7.62. The summed E-state index contributed by atoms with van der Waals surface area (Å²) in [5.74, 6) is 0.0227.